The predicted octanol–water partition coefficient (Wildman–Crippen LogP) is 0.566. The highest BCUT2D eigenvalue weighted by molar-refractivity contribution is 5.82. The molecule has 2 rings (SSSR count). The molecule has 2 heterocycles. The van der Waals surface area contributed by atoms with Gasteiger partial charge in [0.2, 0.25) is 11.8 Å². The lowest BCUT2D eigenvalue weighted by Gasteiger charge is -2.34. The summed E-state index contributed by atoms with van der Waals surface area (Å²) in [5.41, 5.74) is 0. The summed E-state index contributed by atoms with van der Waals surface area (Å²) in [6.07, 6.45) is 2.13. The second-order valence-electron chi connectivity index (χ2n) is 5.81. The van der Waals surface area contributed by atoms with Crippen molar-refractivity contribution >= 4 is 17.8 Å². The summed E-state index contributed by atoms with van der Waals surface area (Å²) in [5, 5.41) is 9.12. The zero-order chi connectivity index (χ0) is 14.9. The summed E-state index contributed by atoms with van der Waals surface area (Å²) in [4.78, 5) is 38.5. The van der Waals surface area contributed by atoms with E-state index in [1.807, 2.05) is 0 Å². The average Bonchev–Trinajstić information content (AvgIpc) is 2.80. The minimum Gasteiger partial charge on any atom is -0.481 e. The zero-order valence-corrected chi connectivity index (χ0v) is 12.0. The van der Waals surface area contributed by atoms with Crippen LogP contribution in [-0.2, 0) is 14.4 Å². The van der Waals surface area contributed by atoms with Crippen LogP contribution in [0.4, 0.5) is 0 Å². The van der Waals surface area contributed by atoms with Crippen molar-refractivity contribution in [2.75, 3.05) is 19.6 Å². The highest BCUT2D eigenvalue weighted by atomic mass is 16.4. The molecule has 0 aromatic carbocycles. The molecule has 0 aromatic heterocycles. The fraction of sp³-hybridized carbons (Fsp3) is 0.786. The number of piperidine rings is 1. The number of hydrogen-bond donors (Lipinski definition) is 1. The Kier molecular flexibility index (Phi) is 4.30. The number of aliphatic carboxylic acids is 1. The van der Waals surface area contributed by atoms with Crippen LogP contribution in [0.15, 0.2) is 0 Å². The normalized spacial score (nSPS) is 30.4. The number of rotatable bonds is 2. The van der Waals surface area contributed by atoms with E-state index in [1.54, 1.807) is 16.7 Å². The van der Waals surface area contributed by atoms with Crippen LogP contribution in [0.25, 0.3) is 0 Å². The van der Waals surface area contributed by atoms with Gasteiger partial charge in [0, 0.05) is 32.6 Å². The molecule has 6 nitrogen and oxygen atoms in total. The molecule has 0 aromatic rings. The van der Waals surface area contributed by atoms with E-state index in [0.717, 1.165) is 12.8 Å². The molecule has 1 N–H and O–H groups in total. The molecule has 0 bridgehead atoms. The first kappa shape index (κ1) is 14.8. The van der Waals surface area contributed by atoms with E-state index >= 15 is 0 Å². The van der Waals surface area contributed by atoms with E-state index in [-0.39, 0.29) is 23.8 Å². The van der Waals surface area contributed by atoms with Crippen molar-refractivity contribution < 1.29 is 19.5 Å². The highest BCUT2D eigenvalue weighted by Gasteiger charge is 2.41. The lowest BCUT2D eigenvalue weighted by Crippen LogP contribution is -2.47. The van der Waals surface area contributed by atoms with Gasteiger partial charge in [-0.2, -0.15) is 0 Å². The maximum Gasteiger partial charge on any atom is 0.308 e. The maximum atomic E-state index is 12.5. The molecule has 2 aliphatic heterocycles. The van der Waals surface area contributed by atoms with Crippen LogP contribution < -0.4 is 0 Å². The standard InChI is InChI=1S/C14H22N2O4/c1-9-12(14(19)20)5-7-16(9)13(18)11-4-3-6-15(8-11)10(2)17/h9,11-12H,3-8H2,1-2H3,(H,19,20). The van der Waals surface area contributed by atoms with E-state index in [9.17, 15) is 14.4 Å². The van der Waals surface area contributed by atoms with E-state index in [1.165, 1.54) is 6.92 Å². The lowest BCUT2D eigenvalue weighted by atomic mass is 9.95. The number of hydrogen-bond acceptors (Lipinski definition) is 3. The van der Waals surface area contributed by atoms with E-state index < -0.39 is 11.9 Å². The van der Waals surface area contributed by atoms with Gasteiger partial charge in [0.25, 0.3) is 0 Å². The maximum absolute atomic E-state index is 12.5. The third-order valence-corrected chi connectivity index (χ3v) is 4.57. The first-order valence-corrected chi connectivity index (χ1v) is 7.20. The topological polar surface area (TPSA) is 77.9 Å². The molecule has 2 aliphatic rings. The first-order chi connectivity index (χ1) is 9.41. The fourth-order valence-corrected chi connectivity index (χ4v) is 3.28. The van der Waals surface area contributed by atoms with E-state index in [2.05, 4.69) is 0 Å². The van der Waals surface area contributed by atoms with Gasteiger partial charge in [-0.15, -0.1) is 0 Å². The molecule has 3 unspecified atom stereocenters. The van der Waals surface area contributed by atoms with Gasteiger partial charge in [0.1, 0.15) is 0 Å². The molecule has 0 aliphatic carbocycles. The molecule has 0 radical (unpaired) electrons. The van der Waals surface area contributed by atoms with Crippen molar-refractivity contribution in [3.8, 4) is 0 Å². The number of carboxylic acids is 1. The molecule has 2 fully saturated rings. The molecule has 20 heavy (non-hydrogen) atoms. The zero-order valence-electron chi connectivity index (χ0n) is 12.0. The third-order valence-electron chi connectivity index (χ3n) is 4.57. The first-order valence-electron chi connectivity index (χ1n) is 7.20. The fourth-order valence-electron chi connectivity index (χ4n) is 3.28. The molecule has 2 amide bonds. The smallest absolute Gasteiger partial charge is 0.308 e. The van der Waals surface area contributed by atoms with Gasteiger partial charge in [-0.3, -0.25) is 14.4 Å². The van der Waals surface area contributed by atoms with Crippen LogP contribution in [0.3, 0.4) is 0 Å². The van der Waals surface area contributed by atoms with Gasteiger partial charge in [-0.1, -0.05) is 0 Å². The van der Waals surface area contributed by atoms with E-state index in [0.29, 0.717) is 26.1 Å². The molecule has 0 saturated carbocycles. The Labute approximate surface area is 118 Å². The van der Waals surface area contributed by atoms with Gasteiger partial charge in [0.15, 0.2) is 0 Å². The van der Waals surface area contributed by atoms with Gasteiger partial charge in [-0.05, 0) is 26.2 Å². The van der Waals surface area contributed by atoms with Crippen LogP contribution in [0.1, 0.15) is 33.1 Å². The average molecular weight is 282 g/mol. The number of carbonyl (C=O) groups excluding carboxylic acids is 2. The van der Waals surface area contributed by atoms with Crippen molar-refractivity contribution in [3.63, 3.8) is 0 Å². The van der Waals surface area contributed by atoms with Crippen LogP contribution in [-0.4, -0.2) is 58.4 Å². The van der Waals surface area contributed by atoms with Crippen LogP contribution in [0.5, 0.6) is 0 Å². The Balaban J connectivity index is 2.01. The molecular weight excluding hydrogens is 260 g/mol. The Bertz CT molecular complexity index is 423. The molecule has 3 atom stereocenters. The van der Waals surface area contributed by atoms with Crippen LogP contribution in [0.2, 0.25) is 0 Å². The van der Waals surface area contributed by atoms with Gasteiger partial charge in [-0.25, -0.2) is 0 Å². The second kappa shape index (κ2) is 5.81. The van der Waals surface area contributed by atoms with E-state index in [4.69, 9.17) is 5.11 Å². The molecule has 112 valence electrons. The second-order valence-corrected chi connectivity index (χ2v) is 5.81. The third kappa shape index (κ3) is 2.78. The quantitative estimate of drug-likeness (QED) is 0.803. The van der Waals surface area contributed by atoms with Crippen LogP contribution >= 0.6 is 0 Å². The molecular formula is C14H22N2O4. The predicted molar refractivity (Wildman–Crippen MR) is 71.9 cm³/mol. The summed E-state index contributed by atoms with van der Waals surface area (Å²) in [6, 6.07) is -0.257. The Morgan fingerprint density at radius 3 is 2.40 bits per heavy atom. The highest BCUT2D eigenvalue weighted by Crippen LogP contribution is 2.28. The summed E-state index contributed by atoms with van der Waals surface area (Å²) in [6.45, 7) is 5.01. The SMILES string of the molecule is CC(=O)N1CCCC(C(=O)N2CCC(C(=O)O)C2C)C1. The summed E-state index contributed by atoms with van der Waals surface area (Å²) in [7, 11) is 0. The minimum absolute atomic E-state index is 0.000355. The number of likely N-dealkylation sites (tertiary alicyclic amines) is 2. The Morgan fingerprint density at radius 2 is 1.85 bits per heavy atom. The number of amides is 2. The van der Waals surface area contributed by atoms with Gasteiger partial charge < -0.3 is 14.9 Å². The number of carbonyl (C=O) groups is 3. The molecule has 0 spiro atoms. The van der Waals surface area contributed by atoms with Crippen molar-refractivity contribution in [2.45, 2.75) is 39.2 Å². The van der Waals surface area contributed by atoms with Gasteiger partial charge in [0.05, 0.1) is 11.8 Å². The largest absolute Gasteiger partial charge is 0.481 e. The molecule has 6 heteroatoms. The number of nitrogens with zero attached hydrogens (tertiary/aromatic N) is 2. The Hall–Kier alpha value is -1.59. The Morgan fingerprint density at radius 1 is 1.15 bits per heavy atom. The van der Waals surface area contributed by atoms with Crippen molar-refractivity contribution in [1.29, 1.82) is 0 Å². The van der Waals surface area contributed by atoms with Crippen molar-refractivity contribution in [1.82, 2.24) is 9.80 Å². The minimum atomic E-state index is -0.832. The van der Waals surface area contributed by atoms with Crippen LogP contribution in [0, 0.1) is 11.8 Å². The summed E-state index contributed by atoms with van der Waals surface area (Å²) >= 11 is 0. The van der Waals surface area contributed by atoms with Crippen molar-refractivity contribution in [3.05, 3.63) is 0 Å². The van der Waals surface area contributed by atoms with Gasteiger partial charge >= 0.3 is 5.97 Å². The summed E-state index contributed by atoms with van der Waals surface area (Å²) in [5.74, 6) is -1.47. The number of carboxylic acid groups (broad SMARTS) is 1. The molecule has 2 saturated heterocycles. The monoisotopic (exact) mass is 282 g/mol. The lowest BCUT2D eigenvalue weighted by molar-refractivity contribution is -0.144. The summed E-state index contributed by atoms with van der Waals surface area (Å²) < 4.78 is 0. The van der Waals surface area contributed by atoms with Crippen molar-refractivity contribution in [2.24, 2.45) is 11.8 Å².